The Hall–Kier alpha value is -2.37. The van der Waals surface area contributed by atoms with E-state index in [2.05, 4.69) is 17.4 Å². The van der Waals surface area contributed by atoms with Gasteiger partial charge in [-0.25, -0.2) is 4.79 Å². The van der Waals surface area contributed by atoms with E-state index in [1.54, 1.807) is 4.90 Å². The van der Waals surface area contributed by atoms with E-state index in [0.717, 1.165) is 12.1 Å². The van der Waals surface area contributed by atoms with Gasteiger partial charge in [-0.1, -0.05) is 60.7 Å². The van der Waals surface area contributed by atoms with Crippen molar-refractivity contribution in [3.05, 3.63) is 71.8 Å². The number of nitrogens with one attached hydrogen (secondary N) is 1. The van der Waals surface area contributed by atoms with Crippen molar-refractivity contribution in [3.8, 4) is 0 Å². The van der Waals surface area contributed by atoms with Crippen LogP contribution in [0.15, 0.2) is 60.7 Å². The van der Waals surface area contributed by atoms with Crippen molar-refractivity contribution in [1.29, 1.82) is 0 Å². The molecule has 138 valence electrons. The summed E-state index contributed by atoms with van der Waals surface area (Å²) in [5.74, 6) is 0. The van der Waals surface area contributed by atoms with Gasteiger partial charge < -0.3 is 20.1 Å². The highest BCUT2D eigenvalue weighted by atomic mass is 16.6. The minimum Gasteiger partial charge on any atom is -0.445 e. The maximum Gasteiger partial charge on any atom is 0.410 e. The lowest BCUT2D eigenvalue weighted by Crippen LogP contribution is -2.51. The molecule has 2 N–H and O–H groups in total. The molecule has 2 aromatic rings. The highest BCUT2D eigenvalue weighted by Crippen LogP contribution is 2.22. The molecule has 1 fully saturated rings. The van der Waals surface area contributed by atoms with Crippen molar-refractivity contribution in [2.75, 3.05) is 19.6 Å². The number of hydrogen-bond donors (Lipinski definition) is 2. The fourth-order valence-electron chi connectivity index (χ4n) is 3.13. The summed E-state index contributed by atoms with van der Waals surface area (Å²) in [7, 11) is 0. The van der Waals surface area contributed by atoms with E-state index in [1.807, 2.05) is 48.5 Å². The molecule has 0 aromatic heterocycles. The minimum atomic E-state index is -0.773. The minimum absolute atomic E-state index is 0.277. The second-order valence-electron chi connectivity index (χ2n) is 6.84. The van der Waals surface area contributed by atoms with E-state index in [4.69, 9.17) is 4.74 Å². The van der Waals surface area contributed by atoms with Crippen molar-refractivity contribution in [3.63, 3.8) is 0 Å². The molecule has 1 aliphatic rings. The normalized spacial score (nSPS) is 16.3. The molecule has 5 heteroatoms. The van der Waals surface area contributed by atoms with Gasteiger partial charge in [-0.3, -0.25) is 0 Å². The molecule has 0 radical (unpaired) electrons. The van der Waals surface area contributed by atoms with Crippen LogP contribution in [0.5, 0.6) is 0 Å². The lowest BCUT2D eigenvalue weighted by molar-refractivity contribution is -0.0201. The van der Waals surface area contributed by atoms with E-state index in [9.17, 15) is 9.90 Å². The quantitative estimate of drug-likeness (QED) is 0.837. The van der Waals surface area contributed by atoms with Crippen LogP contribution in [0.25, 0.3) is 0 Å². The fourth-order valence-corrected chi connectivity index (χ4v) is 3.13. The number of aliphatic hydroxyl groups is 1. The molecule has 0 saturated carbocycles. The van der Waals surface area contributed by atoms with Crippen LogP contribution in [-0.2, 0) is 17.9 Å². The summed E-state index contributed by atoms with van der Waals surface area (Å²) >= 11 is 0. The number of ether oxygens (including phenoxy) is 1. The van der Waals surface area contributed by atoms with Gasteiger partial charge in [0.25, 0.3) is 0 Å². The van der Waals surface area contributed by atoms with Crippen LogP contribution in [0.4, 0.5) is 4.79 Å². The molecule has 3 rings (SSSR count). The number of benzene rings is 2. The van der Waals surface area contributed by atoms with Gasteiger partial charge in [0, 0.05) is 26.2 Å². The maximum absolute atomic E-state index is 12.2. The summed E-state index contributed by atoms with van der Waals surface area (Å²) in [5, 5.41) is 14.0. The highest BCUT2D eigenvalue weighted by molar-refractivity contribution is 5.67. The van der Waals surface area contributed by atoms with E-state index in [0.29, 0.717) is 32.5 Å². The zero-order valence-corrected chi connectivity index (χ0v) is 14.9. The third-order valence-electron chi connectivity index (χ3n) is 4.78. The third-order valence-corrected chi connectivity index (χ3v) is 4.78. The number of rotatable bonds is 6. The molecule has 5 nitrogen and oxygen atoms in total. The van der Waals surface area contributed by atoms with Crippen LogP contribution < -0.4 is 5.32 Å². The van der Waals surface area contributed by atoms with Gasteiger partial charge >= 0.3 is 6.09 Å². The highest BCUT2D eigenvalue weighted by Gasteiger charge is 2.34. The smallest absolute Gasteiger partial charge is 0.410 e. The summed E-state index contributed by atoms with van der Waals surface area (Å²) < 4.78 is 5.36. The van der Waals surface area contributed by atoms with Crippen molar-refractivity contribution < 1.29 is 14.6 Å². The Bertz CT molecular complexity index is 683. The van der Waals surface area contributed by atoms with Crippen LogP contribution in [0.3, 0.4) is 0 Å². The molecule has 0 unspecified atom stereocenters. The lowest BCUT2D eigenvalue weighted by atomic mass is 9.91. The van der Waals surface area contributed by atoms with Crippen LogP contribution in [0, 0.1) is 0 Å². The average molecular weight is 354 g/mol. The van der Waals surface area contributed by atoms with Crippen LogP contribution >= 0.6 is 0 Å². The first-order chi connectivity index (χ1) is 12.6. The first kappa shape index (κ1) is 18.4. The zero-order valence-electron chi connectivity index (χ0n) is 14.9. The van der Waals surface area contributed by atoms with Crippen LogP contribution in [0.1, 0.15) is 24.0 Å². The number of carbonyl (C=O) groups excluding carboxylic acids is 1. The van der Waals surface area contributed by atoms with Gasteiger partial charge in [-0.2, -0.15) is 0 Å². The number of hydrogen-bond acceptors (Lipinski definition) is 4. The summed E-state index contributed by atoms with van der Waals surface area (Å²) in [5.41, 5.74) is 1.39. The number of carbonyl (C=O) groups is 1. The Morgan fingerprint density at radius 3 is 2.19 bits per heavy atom. The van der Waals surface area contributed by atoms with Crippen molar-refractivity contribution in [2.24, 2.45) is 0 Å². The Morgan fingerprint density at radius 2 is 1.58 bits per heavy atom. The number of piperidine rings is 1. The van der Waals surface area contributed by atoms with E-state index in [1.165, 1.54) is 5.56 Å². The molecule has 26 heavy (non-hydrogen) atoms. The van der Waals surface area contributed by atoms with Crippen molar-refractivity contribution >= 4 is 6.09 Å². The fraction of sp³-hybridized carbons (Fsp3) is 0.381. The predicted molar refractivity (Wildman–Crippen MR) is 101 cm³/mol. The summed E-state index contributed by atoms with van der Waals surface area (Å²) in [6, 6.07) is 19.8. The molecule has 1 amide bonds. The SMILES string of the molecule is O=C(OCc1ccccc1)N1CCC(O)(CNCc2ccccc2)CC1. The molecule has 1 saturated heterocycles. The molecular formula is C21H26N2O3. The predicted octanol–water partition coefficient (Wildman–Crippen LogP) is 2.94. The summed E-state index contributed by atoms with van der Waals surface area (Å²) in [4.78, 5) is 13.9. The van der Waals surface area contributed by atoms with E-state index >= 15 is 0 Å². The molecule has 1 aliphatic heterocycles. The topological polar surface area (TPSA) is 61.8 Å². The van der Waals surface area contributed by atoms with E-state index in [-0.39, 0.29) is 12.7 Å². The summed E-state index contributed by atoms with van der Waals surface area (Å²) in [6.45, 7) is 2.55. The first-order valence-electron chi connectivity index (χ1n) is 9.07. The number of likely N-dealkylation sites (tertiary alicyclic amines) is 1. The Labute approximate surface area is 154 Å². The number of nitrogens with zero attached hydrogens (tertiary/aromatic N) is 1. The number of amides is 1. The van der Waals surface area contributed by atoms with Gasteiger partial charge in [0.1, 0.15) is 6.61 Å². The third kappa shape index (κ3) is 5.31. The second kappa shape index (κ2) is 8.83. The Balaban J connectivity index is 1.39. The molecule has 0 aliphatic carbocycles. The molecule has 2 aromatic carbocycles. The lowest BCUT2D eigenvalue weighted by Gasteiger charge is -2.37. The molecule has 1 heterocycles. The zero-order chi connectivity index (χ0) is 18.2. The molecule has 0 bridgehead atoms. The van der Waals surface area contributed by atoms with Gasteiger partial charge in [-0.15, -0.1) is 0 Å². The van der Waals surface area contributed by atoms with Gasteiger partial charge in [-0.05, 0) is 24.0 Å². The Morgan fingerprint density at radius 1 is 1.00 bits per heavy atom. The second-order valence-corrected chi connectivity index (χ2v) is 6.84. The van der Waals surface area contributed by atoms with E-state index < -0.39 is 5.60 Å². The van der Waals surface area contributed by atoms with Gasteiger partial charge in [0.05, 0.1) is 5.60 Å². The van der Waals surface area contributed by atoms with Gasteiger partial charge in [0.15, 0.2) is 0 Å². The largest absolute Gasteiger partial charge is 0.445 e. The van der Waals surface area contributed by atoms with Crippen molar-refractivity contribution in [2.45, 2.75) is 31.6 Å². The average Bonchev–Trinajstić information content (AvgIpc) is 2.68. The molecule has 0 spiro atoms. The van der Waals surface area contributed by atoms with Crippen LogP contribution in [-0.4, -0.2) is 41.3 Å². The molecular weight excluding hydrogens is 328 g/mol. The monoisotopic (exact) mass is 354 g/mol. The standard InChI is InChI=1S/C21H26N2O3/c24-20(26-16-19-9-5-2-6-10-19)23-13-11-21(25,12-14-23)17-22-15-18-7-3-1-4-8-18/h1-10,22,25H,11-17H2. The molecule has 0 atom stereocenters. The first-order valence-corrected chi connectivity index (χ1v) is 9.07. The Kier molecular flexibility index (Phi) is 6.26. The maximum atomic E-state index is 12.2. The van der Waals surface area contributed by atoms with Crippen molar-refractivity contribution in [1.82, 2.24) is 10.2 Å². The van der Waals surface area contributed by atoms with Crippen LogP contribution in [0.2, 0.25) is 0 Å². The summed E-state index contributed by atoms with van der Waals surface area (Å²) in [6.07, 6.45) is 0.790. The van der Waals surface area contributed by atoms with Gasteiger partial charge in [0.2, 0.25) is 0 Å².